The van der Waals surface area contributed by atoms with E-state index in [4.69, 9.17) is 14.2 Å². The van der Waals surface area contributed by atoms with Gasteiger partial charge in [-0.1, -0.05) is 29.8 Å². The molecule has 30 heavy (non-hydrogen) atoms. The SMILES string of the molecule is Cc1cccc(C(=O)Nc2ccc(OC(=O)[C@@H]3Oc4ccccc4O[C@H]3C)cc2)c1. The van der Waals surface area contributed by atoms with Crippen molar-refractivity contribution in [1.29, 1.82) is 0 Å². The summed E-state index contributed by atoms with van der Waals surface area (Å²) >= 11 is 0. The number of hydrogen-bond donors (Lipinski definition) is 1. The first kappa shape index (κ1) is 19.5. The van der Waals surface area contributed by atoms with Gasteiger partial charge in [-0.25, -0.2) is 4.79 Å². The predicted octanol–water partition coefficient (Wildman–Crippen LogP) is 4.38. The van der Waals surface area contributed by atoms with Gasteiger partial charge in [-0.3, -0.25) is 4.79 Å². The zero-order valence-corrected chi connectivity index (χ0v) is 16.6. The van der Waals surface area contributed by atoms with E-state index >= 15 is 0 Å². The number of rotatable bonds is 4. The largest absolute Gasteiger partial charge is 0.482 e. The molecule has 0 radical (unpaired) electrons. The molecule has 2 atom stereocenters. The quantitative estimate of drug-likeness (QED) is 0.517. The molecule has 0 aliphatic carbocycles. The highest BCUT2D eigenvalue weighted by atomic mass is 16.6. The number of esters is 1. The number of carbonyl (C=O) groups is 2. The fourth-order valence-electron chi connectivity index (χ4n) is 3.15. The summed E-state index contributed by atoms with van der Waals surface area (Å²) in [5, 5.41) is 2.82. The number of benzene rings is 3. The second-order valence-electron chi connectivity index (χ2n) is 7.08. The van der Waals surface area contributed by atoms with Crippen molar-refractivity contribution in [3.63, 3.8) is 0 Å². The molecule has 1 amide bonds. The Bertz CT molecular complexity index is 1080. The first-order valence-corrected chi connectivity index (χ1v) is 9.62. The van der Waals surface area contributed by atoms with E-state index in [-0.39, 0.29) is 5.91 Å². The zero-order chi connectivity index (χ0) is 21.1. The Morgan fingerprint density at radius 2 is 1.60 bits per heavy atom. The lowest BCUT2D eigenvalue weighted by atomic mass is 10.1. The van der Waals surface area contributed by atoms with Crippen molar-refractivity contribution in [1.82, 2.24) is 0 Å². The van der Waals surface area contributed by atoms with E-state index in [0.29, 0.717) is 28.5 Å². The molecule has 0 aromatic heterocycles. The molecule has 3 aromatic rings. The molecule has 4 rings (SSSR count). The van der Waals surface area contributed by atoms with Crippen molar-refractivity contribution in [3.8, 4) is 17.2 Å². The van der Waals surface area contributed by atoms with Crippen LogP contribution in [0, 0.1) is 6.92 Å². The molecule has 152 valence electrons. The maximum Gasteiger partial charge on any atom is 0.356 e. The summed E-state index contributed by atoms with van der Waals surface area (Å²) in [6, 6.07) is 21.1. The predicted molar refractivity (Wildman–Crippen MR) is 112 cm³/mol. The lowest BCUT2D eigenvalue weighted by molar-refractivity contribution is -0.147. The number of nitrogens with one attached hydrogen (secondary N) is 1. The Morgan fingerprint density at radius 1 is 0.900 bits per heavy atom. The molecule has 0 fully saturated rings. The lowest BCUT2D eigenvalue weighted by Crippen LogP contribution is -2.45. The van der Waals surface area contributed by atoms with Crippen LogP contribution < -0.4 is 19.5 Å². The van der Waals surface area contributed by atoms with Gasteiger partial charge in [-0.15, -0.1) is 0 Å². The average molecular weight is 403 g/mol. The van der Waals surface area contributed by atoms with Crippen molar-refractivity contribution in [3.05, 3.63) is 83.9 Å². The van der Waals surface area contributed by atoms with E-state index in [0.717, 1.165) is 5.56 Å². The van der Waals surface area contributed by atoms with Crippen LogP contribution in [0.15, 0.2) is 72.8 Å². The van der Waals surface area contributed by atoms with Gasteiger partial charge in [-0.2, -0.15) is 0 Å². The van der Waals surface area contributed by atoms with E-state index in [1.165, 1.54) is 0 Å². The topological polar surface area (TPSA) is 73.9 Å². The summed E-state index contributed by atoms with van der Waals surface area (Å²) in [6.07, 6.45) is -1.36. The van der Waals surface area contributed by atoms with Crippen LogP contribution >= 0.6 is 0 Å². The molecule has 0 bridgehead atoms. The number of aryl methyl sites for hydroxylation is 1. The van der Waals surface area contributed by atoms with Gasteiger partial charge in [0.05, 0.1) is 0 Å². The standard InChI is InChI=1S/C24H21NO5/c1-15-6-5-7-17(14-15)23(26)25-18-10-12-19(13-11-18)29-24(27)22-16(2)28-20-8-3-4-9-21(20)30-22/h3-14,16,22H,1-2H3,(H,25,26)/t16-,22+/m0/s1. The Labute approximate surface area is 174 Å². The maximum absolute atomic E-state index is 12.6. The summed E-state index contributed by atoms with van der Waals surface area (Å²) in [5.74, 6) is 0.704. The molecular weight excluding hydrogens is 382 g/mol. The van der Waals surface area contributed by atoms with Gasteiger partial charge in [0.25, 0.3) is 5.91 Å². The number of fused-ring (bicyclic) bond motifs is 1. The van der Waals surface area contributed by atoms with Gasteiger partial charge in [0.1, 0.15) is 11.9 Å². The van der Waals surface area contributed by atoms with Gasteiger partial charge < -0.3 is 19.5 Å². The number of amides is 1. The third kappa shape index (κ3) is 4.27. The van der Waals surface area contributed by atoms with Crippen LogP contribution in [-0.4, -0.2) is 24.1 Å². The molecule has 6 nitrogen and oxygen atoms in total. The summed E-state index contributed by atoms with van der Waals surface area (Å²) < 4.78 is 16.9. The smallest absolute Gasteiger partial charge is 0.356 e. The van der Waals surface area contributed by atoms with Crippen molar-refractivity contribution < 1.29 is 23.8 Å². The first-order chi connectivity index (χ1) is 14.5. The van der Waals surface area contributed by atoms with Gasteiger partial charge in [0, 0.05) is 11.3 Å². The van der Waals surface area contributed by atoms with Crippen LogP contribution in [0.1, 0.15) is 22.8 Å². The Kier molecular flexibility index (Phi) is 5.39. The number of para-hydroxylation sites is 2. The summed E-state index contributed by atoms with van der Waals surface area (Å²) in [6.45, 7) is 3.69. The van der Waals surface area contributed by atoms with E-state index in [1.54, 1.807) is 49.4 Å². The van der Waals surface area contributed by atoms with Crippen LogP contribution in [0.5, 0.6) is 17.2 Å². The third-order valence-electron chi connectivity index (χ3n) is 4.69. The van der Waals surface area contributed by atoms with E-state index in [2.05, 4.69) is 5.32 Å². The van der Waals surface area contributed by atoms with Crippen molar-refractivity contribution in [2.45, 2.75) is 26.1 Å². The van der Waals surface area contributed by atoms with E-state index in [1.807, 2.05) is 37.3 Å². The average Bonchev–Trinajstić information content (AvgIpc) is 2.74. The van der Waals surface area contributed by atoms with Gasteiger partial charge in [-0.05, 0) is 62.4 Å². The number of anilines is 1. The monoisotopic (exact) mass is 403 g/mol. The number of ether oxygens (including phenoxy) is 3. The van der Waals surface area contributed by atoms with Crippen LogP contribution in [0.2, 0.25) is 0 Å². The van der Waals surface area contributed by atoms with E-state index in [9.17, 15) is 9.59 Å². The first-order valence-electron chi connectivity index (χ1n) is 9.62. The molecule has 1 aliphatic rings. The summed E-state index contributed by atoms with van der Waals surface area (Å²) in [4.78, 5) is 24.9. The van der Waals surface area contributed by atoms with Crippen LogP contribution in [-0.2, 0) is 4.79 Å². The minimum Gasteiger partial charge on any atom is -0.482 e. The highest BCUT2D eigenvalue weighted by molar-refractivity contribution is 6.04. The second kappa shape index (κ2) is 8.29. The van der Waals surface area contributed by atoms with Crippen molar-refractivity contribution in [2.24, 2.45) is 0 Å². The number of carbonyl (C=O) groups excluding carboxylic acids is 2. The Morgan fingerprint density at radius 3 is 2.30 bits per heavy atom. The van der Waals surface area contributed by atoms with E-state index < -0.39 is 18.2 Å². The Hall–Kier alpha value is -3.80. The Balaban J connectivity index is 1.39. The lowest BCUT2D eigenvalue weighted by Gasteiger charge is -2.30. The molecule has 0 saturated carbocycles. The van der Waals surface area contributed by atoms with Crippen molar-refractivity contribution >= 4 is 17.6 Å². The number of hydrogen-bond acceptors (Lipinski definition) is 5. The van der Waals surface area contributed by atoms with Crippen LogP contribution in [0.3, 0.4) is 0 Å². The normalized spacial score (nSPS) is 17.1. The summed E-state index contributed by atoms with van der Waals surface area (Å²) in [5.41, 5.74) is 2.19. The highest BCUT2D eigenvalue weighted by Gasteiger charge is 2.35. The highest BCUT2D eigenvalue weighted by Crippen LogP contribution is 2.33. The minimum absolute atomic E-state index is 0.205. The van der Waals surface area contributed by atoms with Gasteiger partial charge in [0.2, 0.25) is 6.10 Å². The summed E-state index contributed by atoms with van der Waals surface area (Å²) in [7, 11) is 0. The zero-order valence-electron chi connectivity index (χ0n) is 16.6. The van der Waals surface area contributed by atoms with Gasteiger partial charge >= 0.3 is 5.97 Å². The maximum atomic E-state index is 12.6. The molecule has 3 aromatic carbocycles. The second-order valence-corrected chi connectivity index (χ2v) is 7.08. The fraction of sp³-hybridized carbons (Fsp3) is 0.167. The molecular formula is C24H21NO5. The van der Waals surface area contributed by atoms with Crippen LogP contribution in [0.25, 0.3) is 0 Å². The molecule has 1 aliphatic heterocycles. The molecule has 0 unspecified atom stereocenters. The third-order valence-corrected chi connectivity index (χ3v) is 4.69. The van der Waals surface area contributed by atoms with Crippen LogP contribution in [0.4, 0.5) is 5.69 Å². The molecule has 0 saturated heterocycles. The van der Waals surface area contributed by atoms with Gasteiger partial charge in [0.15, 0.2) is 11.5 Å². The molecule has 1 heterocycles. The molecule has 1 N–H and O–H groups in total. The fourth-order valence-corrected chi connectivity index (χ4v) is 3.15. The minimum atomic E-state index is -0.874. The molecule has 6 heteroatoms. The van der Waals surface area contributed by atoms with Crippen molar-refractivity contribution in [2.75, 3.05) is 5.32 Å². The molecule has 0 spiro atoms.